The van der Waals surface area contributed by atoms with Crippen molar-refractivity contribution in [1.29, 1.82) is 0 Å². The zero-order valence-electron chi connectivity index (χ0n) is 13.6. The lowest BCUT2D eigenvalue weighted by atomic mass is 10.2. The molecule has 0 aliphatic carbocycles. The van der Waals surface area contributed by atoms with Gasteiger partial charge >= 0.3 is 0 Å². The molecule has 1 N–H and O–H groups in total. The van der Waals surface area contributed by atoms with E-state index in [0.29, 0.717) is 32.5 Å². The Morgan fingerprint density at radius 2 is 2.04 bits per heavy atom. The summed E-state index contributed by atoms with van der Waals surface area (Å²) in [4.78, 5) is 16.6. The van der Waals surface area contributed by atoms with Crippen molar-refractivity contribution >= 4 is 56.5 Å². The molecule has 0 aliphatic heterocycles. The Morgan fingerprint density at radius 1 is 1.19 bits per heavy atom. The van der Waals surface area contributed by atoms with Crippen LogP contribution in [-0.4, -0.2) is 30.3 Å². The third-order valence-corrected chi connectivity index (χ3v) is 5.07. The molecule has 10 heteroatoms. The topological polar surface area (TPSA) is 77.1 Å². The van der Waals surface area contributed by atoms with Crippen molar-refractivity contribution in [3.05, 3.63) is 74.7 Å². The maximum atomic E-state index is 12.5. The summed E-state index contributed by atoms with van der Waals surface area (Å²) in [7, 11) is 0. The van der Waals surface area contributed by atoms with E-state index in [1.807, 2.05) is 6.07 Å². The van der Waals surface area contributed by atoms with E-state index in [9.17, 15) is 4.79 Å². The molecule has 3 aromatic heterocycles. The summed E-state index contributed by atoms with van der Waals surface area (Å²) in [5.41, 5.74) is 1.77. The van der Waals surface area contributed by atoms with Crippen LogP contribution in [-0.2, 0) is 6.54 Å². The van der Waals surface area contributed by atoms with Gasteiger partial charge in [0, 0.05) is 24.7 Å². The van der Waals surface area contributed by atoms with Gasteiger partial charge in [-0.15, -0.1) is 0 Å². The predicted octanol–water partition coefficient (Wildman–Crippen LogP) is 4.30. The summed E-state index contributed by atoms with van der Waals surface area (Å²) in [6.45, 7) is 0.476. The minimum Gasteiger partial charge on any atom is -0.303 e. The Balaban J connectivity index is 1.52. The van der Waals surface area contributed by atoms with Crippen LogP contribution < -0.4 is 5.32 Å². The molecule has 0 spiro atoms. The summed E-state index contributed by atoms with van der Waals surface area (Å²) in [5, 5.41) is 12.3. The van der Waals surface area contributed by atoms with Gasteiger partial charge in [0.25, 0.3) is 5.91 Å². The van der Waals surface area contributed by atoms with Crippen LogP contribution in [0.3, 0.4) is 0 Å². The summed E-state index contributed by atoms with van der Waals surface area (Å²) < 4.78 is 3.87. The molecule has 0 unspecified atom stereocenters. The van der Waals surface area contributed by atoms with Gasteiger partial charge in [-0.25, -0.2) is 9.50 Å². The van der Waals surface area contributed by atoms with Crippen molar-refractivity contribution in [2.45, 2.75) is 6.54 Å². The number of aromatic nitrogens is 5. The first-order chi connectivity index (χ1) is 13.0. The number of carbonyl (C=O) groups excluding carboxylic acids is 1. The smallest absolute Gasteiger partial charge is 0.277 e. The van der Waals surface area contributed by atoms with Gasteiger partial charge in [0.2, 0.25) is 0 Å². The number of carbonyl (C=O) groups is 1. The van der Waals surface area contributed by atoms with Gasteiger partial charge in [-0.1, -0.05) is 29.3 Å². The molecule has 136 valence electrons. The molecule has 4 aromatic rings. The zero-order chi connectivity index (χ0) is 19.0. The number of amides is 1. The van der Waals surface area contributed by atoms with Gasteiger partial charge in [0.1, 0.15) is 0 Å². The van der Waals surface area contributed by atoms with Crippen LogP contribution in [0.5, 0.6) is 0 Å². The molecule has 3 heterocycles. The summed E-state index contributed by atoms with van der Waals surface area (Å²) in [5.74, 6) is 0.0195. The second kappa shape index (κ2) is 7.30. The number of nitrogens with zero attached hydrogens (tertiary/aromatic N) is 5. The van der Waals surface area contributed by atoms with E-state index in [4.69, 9.17) is 23.2 Å². The van der Waals surface area contributed by atoms with Crippen LogP contribution in [0.15, 0.2) is 53.4 Å². The van der Waals surface area contributed by atoms with Gasteiger partial charge < -0.3 is 5.32 Å². The van der Waals surface area contributed by atoms with Crippen molar-refractivity contribution in [2.24, 2.45) is 0 Å². The third-order valence-electron chi connectivity index (χ3n) is 3.75. The number of anilines is 1. The number of halogens is 3. The van der Waals surface area contributed by atoms with Crippen LogP contribution in [0.1, 0.15) is 16.1 Å². The highest BCUT2D eigenvalue weighted by Gasteiger charge is 2.15. The van der Waals surface area contributed by atoms with Gasteiger partial charge in [0.15, 0.2) is 17.2 Å². The van der Waals surface area contributed by atoms with Crippen molar-refractivity contribution < 1.29 is 4.79 Å². The average molecular weight is 466 g/mol. The minimum absolute atomic E-state index is 0.250. The number of hydrogen-bond acceptors (Lipinski definition) is 4. The van der Waals surface area contributed by atoms with Crippen molar-refractivity contribution in [3.8, 4) is 0 Å². The lowest BCUT2D eigenvalue weighted by Gasteiger charge is -2.04. The highest BCUT2D eigenvalue weighted by atomic mass is 79.9. The summed E-state index contributed by atoms with van der Waals surface area (Å²) in [6.07, 6.45) is 5.13. The van der Waals surface area contributed by atoms with E-state index in [1.54, 1.807) is 47.5 Å². The van der Waals surface area contributed by atoms with Gasteiger partial charge in [-0.05, 0) is 39.7 Å². The molecule has 0 bridgehead atoms. The number of rotatable bonds is 4. The summed E-state index contributed by atoms with van der Waals surface area (Å²) in [6, 6.07) is 8.73. The fraction of sp³-hybridized carbons (Fsp3) is 0.0588. The Bertz CT molecular complexity index is 1120. The molecule has 27 heavy (non-hydrogen) atoms. The Labute approximate surface area is 172 Å². The lowest BCUT2D eigenvalue weighted by Crippen LogP contribution is -2.14. The molecule has 1 aromatic carbocycles. The first kappa shape index (κ1) is 18.0. The second-order valence-corrected chi connectivity index (χ2v) is 7.35. The number of fused-ring (bicyclic) bond motifs is 1. The minimum atomic E-state index is -0.374. The fourth-order valence-corrected chi connectivity index (χ4v) is 3.24. The van der Waals surface area contributed by atoms with Crippen molar-refractivity contribution in [3.63, 3.8) is 0 Å². The van der Waals surface area contributed by atoms with E-state index in [1.165, 1.54) is 4.52 Å². The van der Waals surface area contributed by atoms with E-state index in [-0.39, 0.29) is 11.6 Å². The maximum absolute atomic E-state index is 12.5. The van der Waals surface area contributed by atoms with Crippen LogP contribution in [0.25, 0.3) is 5.65 Å². The zero-order valence-corrected chi connectivity index (χ0v) is 16.7. The standard InChI is InChI=1S/C17H11BrCl2N6O/c18-11-9-25(8-10-2-3-12(19)13(20)6-10)24-16(11)22-17(27)14-7-15-21-4-1-5-26(15)23-14/h1-7,9H,8H2,(H,22,24,27). The highest BCUT2D eigenvalue weighted by Crippen LogP contribution is 2.25. The predicted molar refractivity (Wildman–Crippen MR) is 106 cm³/mol. The van der Waals surface area contributed by atoms with Gasteiger partial charge in [0.05, 0.1) is 21.1 Å². The Morgan fingerprint density at radius 3 is 2.81 bits per heavy atom. The molecular formula is C17H11BrCl2N6O. The molecule has 4 rings (SSSR count). The summed E-state index contributed by atoms with van der Waals surface area (Å²) >= 11 is 15.4. The number of nitrogens with one attached hydrogen (secondary N) is 1. The van der Waals surface area contributed by atoms with Crippen LogP contribution in [0.4, 0.5) is 5.82 Å². The van der Waals surface area contributed by atoms with Crippen LogP contribution in [0, 0.1) is 0 Å². The number of hydrogen-bond donors (Lipinski definition) is 1. The normalized spacial score (nSPS) is 11.1. The molecule has 1 amide bonds. The number of benzene rings is 1. The third kappa shape index (κ3) is 3.83. The molecule has 0 fully saturated rings. The lowest BCUT2D eigenvalue weighted by molar-refractivity contribution is 0.102. The molecule has 0 atom stereocenters. The maximum Gasteiger partial charge on any atom is 0.277 e. The fourth-order valence-electron chi connectivity index (χ4n) is 2.50. The SMILES string of the molecule is O=C(Nc1nn(Cc2ccc(Cl)c(Cl)c2)cc1Br)c1cc2ncccn2n1. The average Bonchev–Trinajstić information content (AvgIpc) is 3.22. The Kier molecular flexibility index (Phi) is 4.86. The molecule has 0 radical (unpaired) electrons. The van der Waals surface area contributed by atoms with E-state index in [2.05, 4.69) is 36.4 Å². The highest BCUT2D eigenvalue weighted by molar-refractivity contribution is 9.10. The van der Waals surface area contributed by atoms with Crippen molar-refractivity contribution in [2.75, 3.05) is 5.32 Å². The monoisotopic (exact) mass is 464 g/mol. The van der Waals surface area contributed by atoms with Crippen LogP contribution >= 0.6 is 39.1 Å². The largest absolute Gasteiger partial charge is 0.303 e. The van der Waals surface area contributed by atoms with E-state index in [0.717, 1.165) is 5.56 Å². The van der Waals surface area contributed by atoms with Gasteiger partial charge in [-0.2, -0.15) is 10.2 Å². The van der Waals surface area contributed by atoms with Gasteiger partial charge in [-0.3, -0.25) is 9.48 Å². The van der Waals surface area contributed by atoms with E-state index >= 15 is 0 Å². The first-order valence-corrected chi connectivity index (χ1v) is 9.33. The Hall–Kier alpha value is -2.42. The molecule has 7 nitrogen and oxygen atoms in total. The molecule has 0 saturated heterocycles. The second-order valence-electron chi connectivity index (χ2n) is 5.68. The van der Waals surface area contributed by atoms with Crippen LogP contribution in [0.2, 0.25) is 10.0 Å². The van der Waals surface area contributed by atoms with E-state index < -0.39 is 0 Å². The molecule has 0 saturated carbocycles. The molecule has 0 aliphatic rings. The quantitative estimate of drug-likeness (QED) is 0.487. The first-order valence-electron chi connectivity index (χ1n) is 7.78. The molecular weight excluding hydrogens is 455 g/mol. The van der Waals surface area contributed by atoms with Crippen molar-refractivity contribution in [1.82, 2.24) is 24.4 Å².